The largest absolute Gasteiger partial charge is 0.393 e. The summed E-state index contributed by atoms with van der Waals surface area (Å²) in [6.45, 7) is 6.24. The fourth-order valence-electron chi connectivity index (χ4n) is 1.76. The lowest BCUT2D eigenvalue weighted by atomic mass is 10.1. The third-order valence-corrected chi connectivity index (χ3v) is 2.57. The summed E-state index contributed by atoms with van der Waals surface area (Å²) in [6.07, 6.45) is 3.45. The summed E-state index contributed by atoms with van der Waals surface area (Å²) in [7, 11) is 0. The lowest BCUT2D eigenvalue weighted by molar-refractivity contribution is 0.167. The van der Waals surface area contributed by atoms with Crippen LogP contribution in [0.15, 0.2) is 0 Å². The van der Waals surface area contributed by atoms with Crippen molar-refractivity contribution in [3.8, 4) is 0 Å². The quantitative estimate of drug-likeness (QED) is 0.657. The number of hydrogen-bond donors (Lipinski definition) is 2. The molecule has 1 fully saturated rings. The second-order valence-electron chi connectivity index (χ2n) is 4.28. The molecule has 0 saturated heterocycles. The third-order valence-electron chi connectivity index (χ3n) is 2.57. The molecule has 0 bridgehead atoms. The van der Waals surface area contributed by atoms with Gasteiger partial charge in [0.2, 0.25) is 0 Å². The summed E-state index contributed by atoms with van der Waals surface area (Å²) in [5.74, 6) is 0.904. The molecule has 1 aliphatic carbocycles. The van der Waals surface area contributed by atoms with Crippen LogP contribution in [-0.2, 0) is 0 Å². The van der Waals surface area contributed by atoms with Gasteiger partial charge in [-0.05, 0) is 46.0 Å². The van der Waals surface area contributed by atoms with E-state index < -0.39 is 0 Å². The highest BCUT2D eigenvalue weighted by molar-refractivity contribution is 4.84. The molecule has 2 nitrogen and oxygen atoms in total. The number of rotatable bonds is 5. The molecule has 0 heterocycles. The molecular formula is C10H21NO. The van der Waals surface area contributed by atoms with Gasteiger partial charge < -0.3 is 10.4 Å². The van der Waals surface area contributed by atoms with E-state index in [4.69, 9.17) is 5.11 Å². The number of aliphatic hydroxyl groups excluding tert-OH is 1. The van der Waals surface area contributed by atoms with Gasteiger partial charge in [0.1, 0.15) is 0 Å². The lowest BCUT2D eigenvalue weighted by Gasteiger charge is -2.20. The van der Waals surface area contributed by atoms with Crippen LogP contribution in [0.1, 0.15) is 40.0 Å². The molecule has 0 aromatic rings. The highest BCUT2D eigenvalue weighted by Crippen LogP contribution is 2.32. The molecule has 0 aliphatic heterocycles. The molecule has 12 heavy (non-hydrogen) atoms. The van der Waals surface area contributed by atoms with Crippen molar-refractivity contribution in [2.75, 3.05) is 0 Å². The van der Waals surface area contributed by atoms with E-state index in [1.807, 2.05) is 6.92 Å². The predicted octanol–water partition coefficient (Wildman–Crippen LogP) is 1.53. The molecule has 0 radical (unpaired) electrons. The molecule has 72 valence electrons. The summed E-state index contributed by atoms with van der Waals surface area (Å²) in [6, 6.07) is 1.08. The number of aliphatic hydroxyl groups is 1. The number of nitrogens with one attached hydrogen (secondary N) is 1. The van der Waals surface area contributed by atoms with Gasteiger partial charge in [0, 0.05) is 12.1 Å². The van der Waals surface area contributed by atoms with Gasteiger partial charge >= 0.3 is 0 Å². The Hall–Kier alpha value is -0.0800. The Labute approximate surface area is 75.4 Å². The minimum Gasteiger partial charge on any atom is -0.393 e. The standard InChI is InChI=1S/C10H21NO/c1-7(6-8(2)12)11-9(3)10-4-5-10/h7-12H,4-6H2,1-3H3. The van der Waals surface area contributed by atoms with Gasteiger partial charge in [-0.25, -0.2) is 0 Å². The maximum absolute atomic E-state index is 9.15. The zero-order chi connectivity index (χ0) is 9.14. The Morgan fingerprint density at radius 1 is 1.33 bits per heavy atom. The SMILES string of the molecule is CC(O)CC(C)NC(C)C1CC1. The molecule has 0 spiro atoms. The maximum Gasteiger partial charge on any atom is 0.0526 e. The third kappa shape index (κ3) is 3.55. The van der Waals surface area contributed by atoms with E-state index in [9.17, 15) is 0 Å². The van der Waals surface area contributed by atoms with Crippen molar-refractivity contribution in [2.24, 2.45) is 5.92 Å². The van der Waals surface area contributed by atoms with Gasteiger partial charge in [-0.1, -0.05) is 0 Å². The van der Waals surface area contributed by atoms with E-state index in [-0.39, 0.29) is 6.10 Å². The average molecular weight is 171 g/mol. The van der Waals surface area contributed by atoms with Crippen LogP contribution in [0.2, 0.25) is 0 Å². The topological polar surface area (TPSA) is 32.3 Å². The summed E-state index contributed by atoms with van der Waals surface area (Å²) in [5, 5.41) is 12.7. The van der Waals surface area contributed by atoms with Crippen LogP contribution < -0.4 is 5.32 Å². The maximum atomic E-state index is 9.15. The smallest absolute Gasteiger partial charge is 0.0526 e. The zero-order valence-electron chi connectivity index (χ0n) is 8.38. The van der Waals surface area contributed by atoms with Crippen molar-refractivity contribution < 1.29 is 5.11 Å². The summed E-state index contributed by atoms with van der Waals surface area (Å²) >= 11 is 0. The molecule has 0 aromatic heterocycles. The first-order valence-corrected chi connectivity index (χ1v) is 5.03. The van der Waals surface area contributed by atoms with Crippen LogP contribution in [-0.4, -0.2) is 23.3 Å². The zero-order valence-corrected chi connectivity index (χ0v) is 8.38. The van der Waals surface area contributed by atoms with E-state index in [2.05, 4.69) is 19.2 Å². The minimum atomic E-state index is -0.182. The summed E-state index contributed by atoms with van der Waals surface area (Å²) in [5.41, 5.74) is 0. The van der Waals surface area contributed by atoms with Gasteiger partial charge in [-0.15, -0.1) is 0 Å². The highest BCUT2D eigenvalue weighted by Gasteiger charge is 2.28. The van der Waals surface area contributed by atoms with Crippen LogP contribution in [0, 0.1) is 5.92 Å². The Kier molecular flexibility index (Phi) is 3.53. The van der Waals surface area contributed by atoms with Gasteiger partial charge in [-0.3, -0.25) is 0 Å². The van der Waals surface area contributed by atoms with Gasteiger partial charge in [0.05, 0.1) is 6.10 Å². The normalized spacial score (nSPS) is 25.0. The van der Waals surface area contributed by atoms with E-state index in [1.54, 1.807) is 0 Å². The molecular weight excluding hydrogens is 150 g/mol. The summed E-state index contributed by atoms with van der Waals surface area (Å²) in [4.78, 5) is 0. The fraction of sp³-hybridized carbons (Fsp3) is 1.00. The Bertz CT molecular complexity index is 132. The van der Waals surface area contributed by atoms with Crippen molar-refractivity contribution >= 4 is 0 Å². The molecule has 0 amide bonds. The van der Waals surface area contributed by atoms with Crippen LogP contribution in [0.4, 0.5) is 0 Å². The van der Waals surface area contributed by atoms with Crippen LogP contribution in [0.25, 0.3) is 0 Å². The van der Waals surface area contributed by atoms with Crippen molar-refractivity contribution in [2.45, 2.75) is 58.2 Å². The van der Waals surface area contributed by atoms with Gasteiger partial charge in [0.15, 0.2) is 0 Å². The molecule has 2 heteroatoms. The lowest BCUT2D eigenvalue weighted by Crippen LogP contribution is -2.37. The molecule has 1 rings (SSSR count). The van der Waals surface area contributed by atoms with Crippen molar-refractivity contribution in [3.05, 3.63) is 0 Å². The fourth-order valence-corrected chi connectivity index (χ4v) is 1.76. The highest BCUT2D eigenvalue weighted by atomic mass is 16.3. The molecule has 1 aliphatic rings. The molecule has 3 atom stereocenters. The van der Waals surface area contributed by atoms with Crippen LogP contribution in [0.3, 0.4) is 0 Å². The molecule has 2 N–H and O–H groups in total. The van der Waals surface area contributed by atoms with Crippen LogP contribution >= 0.6 is 0 Å². The van der Waals surface area contributed by atoms with Crippen molar-refractivity contribution in [1.29, 1.82) is 0 Å². The first kappa shape index (κ1) is 10.0. The Morgan fingerprint density at radius 2 is 1.92 bits per heavy atom. The molecule has 0 aromatic carbocycles. The van der Waals surface area contributed by atoms with Gasteiger partial charge in [-0.2, -0.15) is 0 Å². The van der Waals surface area contributed by atoms with E-state index in [1.165, 1.54) is 12.8 Å². The summed E-state index contributed by atoms with van der Waals surface area (Å²) < 4.78 is 0. The van der Waals surface area contributed by atoms with Gasteiger partial charge in [0.25, 0.3) is 0 Å². The predicted molar refractivity (Wildman–Crippen MR) is 51.1 cm³/mol. The molecule has 1 saturated carbocycles. The van der Waals surface area contributed by atoms with Crippen molar-refractivity contribution in [1.82, 2.24) is 5.32 Å². The molecule has 3 unspecified atom stereocenters. The Balaban J connectivity index is 2.11. The Morgan fingerprint density at radius 3 is 2.33 bits per heavy atom. The van der Waals surface area contributed by atoms with Crippen LogP contribution in [0.5, 0.6) is 0 Å². The average Bonchev–Trinajstić information content (AvgIpc) is 2.63. The van der Waals surface area contributed by atoms with E-state index in [0.29, 0.717) is 12.1 Å². The monoisotopic (exact) mass is 171 g/mol. The van der Waals surface area contributed by atoms with E-state index in [0.717, 1.165) is 12.3 Å². The van der Waals surface area contributed by atoms with E-state index >= 15 is 0 Å². The first-order chi connectivity index (χ1) is 5.59. The van der Waals surface area contributed by atoms with Crippen molar-refractivity contribution in [3.63, 3.8) is 0 Å². The second-order valence-corrected chi connectivity index (χ2v) is 4.28. The minimum absolute atomic E-state index is 0.182. The second kappa shape index (κ2) is 4.24. The number of hydrogen-bond acceptors (Lipinski definition) is 2. The first-order valence-electron chi connectivity index (χ1n) is 5.03.